The molecule has 5 nitrogen and oxygen atoms in total. The normalized spacial score (nSPS) is 20.9. The van der Waals surface area contributed by atoms with Gasteiger partial charge in [-0.15, -0.1) is 0 Å². The molecule has 0 aromatic rings. The van der Waals surface area contributed by atoms with Crippen LogP contribution in [0.1, 0.15) is 47.5 Å². The number of likely N-dealkylation sites (tertiary alicyclic amines) is 1. The molecule has 1 aliphatic heterocycles. The minimum absolute atomic E-state index is 0.00710. The van der Waals surface area contributed by atoms with Crippen molar-refractivity contribution in [2.75, 3.05) is 19.7 Å². The molecule has 0 spiro atoms. The fourth-order valence-electron chi connectivity index (χ4n) is 2.34. The quantitative estimate of drug-likeness (QED) is 0.859. The standard InChI is InChI=1S/C15H27NO4/c1-14(2,3)20-10-12(17)16-8-6-7-11(9-16)15(4,5)13(18)19/h11H,6-10H2,1-5H3,(H,18,19). The van der Waals surface area contributed by atoms with Gasteiger partial charge >= 0.3 is 5.97 Å². The molecule has 5 heteroatoms. The summed E-state index contributed by atoms with van der Waals surface area (Å²) in [4.78, 5) is 25.2. The second kappa shape index (κ2) is 6.12. The van der Waals surface area contributed by atoms with Crippen LogP contribution in [0.4, 0.5) is 0 Å². The number of carboxylic acid groups (broad SMARTS) is 1. The average molecular weight is 285 g/mol. The number of piperidine rings is 1. The van der Waals surface area contributed by atoms with Gasteiger partial charge in [0.05, 0.1) is 11.0 Å². The van der Waals surface area contributed by atoms with Crippen LogP contribution in [0.15, 0.2) is 0 Å². The van der Waals surface area contributed by atoms with Crippen LogP contribution in [0.3, 0.4) is 0 Å². The number of rotatable bonds is 4. The van der Waals surface area contributed by atoms with Crippen LogP contribution in [0, 0.1) is 11.3 Å². The van der Waals surface area contributed by atoms with Crippen molar-refractivity contribution in [3.05, 3.63) is 0 Å². The monoisotopic (exact) mass is 285 g/mol. The summed E-state index contributed by atoms with van der Waals surface area (Å²) >= 11 is 0. The van der Waals surface area contributed by atoms with Crippen molar-refractivity contribution in [1.29, 1.82) is 0 Å². The van der Waals surface area contributed by atoms with E-state index in [0.29, 0.717) is 13.1 Å². The molecule has 0 aromatic carbocycles. The summed E-state index contributed by atoms with van der Waals surface area (Å²) in [5, 5.41) is 9.30. The van der Waals surface area contributed by atoms with Gasteiger partial charge in [0, 0.05) is 13.1 Å². The number of carbonyl (C=O) groups is 2. The van der Waals surface area contributed by atoms with Crippen LogP contribution < -0.4 is 0 Å². The zero-order valence-corrected chi connectivity index (χ0v) is 13.2. The number of carboxylic acids is 1. The van der Waals surface area contributed by atoms with Gasteiger partial charge < -0.3 is 14.7 Å². The highest BCUT2D eigenvalue weighted by Gasteiger charge is 2.40. The third kappa shape index (κ3) is 4.47. The lowest BCUT2D eigenvalue weighted by molar-refractivity contribution is -0.154. The summed E-state index contributed by atoms with van der Waals surface area (Å²) in [6.07, 6.45) is 1.70. The highest BCUT2D eigenvalue weighted by Crippen LogP contribution is 2.34. The van der Waals surface area contributed by atoms with E-state index in [4.69, 9.17) is 4.74 Å². The number of nitrogens with zero attached hydrogens (tertiary/aromatic N) is 1. The Kier molecular flexibility index (Phi) is 5.19. The first-order chi connectivity index (χ1) is 9.04. The molecule has 1 fully saturated rings. The fraction of sp³-hybridized carbons (Fsp3) is 0.867. The maximum atomic E-state index is 12.1. The van der Waals surface area contributed by atoms with E-state index in [9.17, 15) is 14.7 Å². The molecule has 1 heterocycles. The van der Waals surface area contributed by atoms with Crippen molar-refractivity contribution in [3.8, 4) is 0 Å². The highest BCUT2D eigenvalue weighted by molar-refractivity contribution is 5.78. The van der Waals surface area contributed by atoms with Crippen molar-refractivity contribution < 1.29 is 19.4 Å². The topological polar surface area (TPSA) is 66.8 Å². The Balaban J connectivity index is 2.61. The number of hydrogen-bond donors (Lipinski definition) is 1. The third-order valence-corrected chi connectivity index (χ3v) is 3.97. The van der Waals surface area contributed by atoms with Crippen molar-refractivity contribution in [1.82, 2.24) is 4.90 Å². The summed E-state index contributed by atoms with van der Waals surface area (Å²) in [7, 11) is 0. The molecule has 1 unspecified atom stereocenters. The third-order valence-electron chi connectivity index (χ3n) is 3.97. The van der Waals surface area contributed by atoms with Gasteiger partial charge in [-0.2, -0.15) is 0 Å². The maximum absolute atomic E-state index is 12.1. The van der Waals surface area contributed by atoms with Gasteiger partial charge in [0.2, 0.25) is 5.91 Å². The molecule has 1 aliphatic rings. The van der Waals surface area contributed by atoms with Gasteiger partial charge in [-0.25, -0.2) is 0 Å². The van der Waals surface area contributed by atoms with Crippen LogP contribution in [-0.4, -0.2) is 47.2 Å². The fourth-order valence-corrected chi connectivity index (χ4v) is 2.34. The smallest absolute Gasteiger partial charge is 0.309 e. The van der Waals surface area contributed by atoms with Crippen LogP contribution in [0.2, 0.25) is 0 Å². The summed E-state index contributed by atoms with van der Waals surface area (Å²) in [6.45, 7) is 10.5. The maximum Gasteiger partial charge on any atom is 0.309 e. The van der Waals surface area contributed by atoms with E-state index in [-0.39, 0.29) is 24.0 Å². The van der Waals surface area contributed by atoms with Gasteiger partial charge in [-0.3, -0.25) is 9.59 Å². The average Bonchev–Trinajstić information content (AvgIpc) is 2.35. The Morgan fingerprint density at radius 2 is 1.85 bits per heavy atom. The molecule has 1 saturated heterocycles. The predicted octanol–water partition coefficient (Wildman–Crippen LogP) is 2.15. The van der Waals surface area contributed by atoms with E-state index < -0.39 is 11.4 Å². The molecule has 20 heavy (non-hydrogen) atoms. The van der Waals surface area contributed by atoms with Crippen LogP contribution in [-0.2, 0) is 14.3 Å². The van der Waals surface area contributed by atoms with Gasteiger partial charge in [0.15, 0.2) is 0 Å². The summed E-state index contributed by atoms with van der Waals surface area (Å²) in [5.74, 6) is -0.860. The largest absolute Gasteiger partial charge is 0.481 e. The SMILES string of the molecule is CC(C)(C)OCC(=O)N1CCCC(C(C)(C)C(=O)O)C1. The Bertz CT molecular complexity index is 371. The molecule has 0 aromatic heterocycles. The number of aliphatic carboxylic acids is 1. The molecular weight excluding hydrogens is 258 g/mol. The molecular formula is C15H27NO4. The van der Waals surface area contributed by atoms with E-state index in [1.807, 2.05) is 20.8 Å². The first-order valence-corrected chi connectivity index (χ1v) is 7.19. The lowest BCUT2D eigenvalue weighted by Gasteiger charge is -2.39. The minimum Gasteiger partial charge on any atom is -0.481 e. The molecule has 116 valence electrons. The lowest BCUT2D eigenvalue weighted by Crippen LogP contribution is -2.48. The first kappa shape index (κ1) is 17.0. The second-order valence-electron chi connectivity index (χ2n) is 7.11. The van der Waals surface area contributed by atoms with E-state index >= 15 is 0 Å². The Morgan fingerprint density at radius 3 is 2.35 bits per heavy atom. The number of amides is 1. The van der Waals surface area contributed by atoms with Gasteiger partial charge in [0.1, 0.15) is 6.61 Å². The van der Waals surface area contributed by atoms with Crippen molar-refractivity contribution in [2.45, 2.75) is 53.1 Å². The van der Waals surface area contributed by atoms with E-state index in [1.54, 1.807) is 18.7 Å². The molecule has 1 N–H and O–H groups in total. The molecule has 0 saturated carbocycles. The van der Waals surface area contributed by atoms with Gasteiger partial charge in [0.25, 0.3) is 0 Å². The molecule has 0 bridgehead atoms. The van der Waals surface area contributed by atoms with Crippen LogP contribution in [0.5, 0.6) is 0 Å². The lowest BCUT2D eigenvalue weighted by atomic mass is 9.74. The Morgan fingerprint density at radius 1 is 1.25 bits per heavy atom. The van der Waals surface area contributed by atoms with Crippen LogP contribution >= 0.6 is 0 Å². The van der Waals surface area contributed by atoms with Crippen molar-refractivity contribution in [2.24, 2.45) is 11.3 Å². The van der Waals surface area contributed by atoms with E-state index in [2.05, 4.69) is 0 Å². The summed E-state index contributed by atoms with van der Waals surface area (Å²) < 4.78 is 5.51. The molecule has 1 amide bonds. The van der Waals surface area contributed by atoms with Crippen molar-refractivity contribution >= 4 is 11.9 Å². The molecule has 1 rings (SSSR count). The van der Waals surface area contributed by atoms with Crippen molar-refractivity contribution in [3.63, 3.8) is 0 Å². The zero-order chi connectivity index (χ0) is 15.6. The summed E-state index contributed by atoms with van der Waals surface area (Å²) in [5.41, 5.74) is -1.14. The first-order valence-electron chi connectivity index (χ1n) is 7.19. The number of hydrogen-bond acceptors (Lipinski definition) is 3. The summed E-state index contributed by atoms with van der Waals surface area (Å²) in [6, 6.07) is 0. The number of carbonyl (C=O) groups excluding carboxylic acids is 1. The second-order valence-corrected chi connectivity index (χ2v) is 7.11. The Hall–Kier alpha value is -1.10. The van der Waals surface area contributed by atoms with Crippen LogP contribution in [0.25, 0.3) is 0 Å². The molecule has 1 atom stereocenters. The van der Waals surface area contributed by atoms with Gasteiger partial charge in [-0.05, 0) is 53.4 Å². The van der Waals surface area contributed by atoms with Gasteiger partial charge in [-0.1, -0.05) is 0 Å². The van der Waals surface area contributed by atoms with E-state index in [0.717, 1.165) is 12.8 Å². The van der Waals surface area contributed by atoms with E-state index in [1.165, 1.54) is 0 Å². The number of ether oxygens (including phenoxy) is 1. The molecule has 0 aliphatic carbocycles. The highest BCUT2D eigenvalue weighted by atomic mass is 16.5. The Labute approximate surface area is 121 Å². The molecule has 0 radical (unpaired) electrons. The minimum atomic E-state index is -0.803. The predicted molar refractivity (Wildman–Crippen MR) is 76.4 cm³/mol. The zero-order valence-electron chi connectivity index (χ0n) is 13.2.